The van der Waals surface area contributed by atoms with Crippen molar-refractivity contribution in [2.45, 2.75) is 103 Å². The Morgan fingerprint density at radius 3 is 2.44 bits per heavy atom. The lowest BCUT2D eigenvalue weighted by Crippen LogP contribution is -2.49. The molecule has 0 N–H and O–H groups in total. The number of nitrogens with zero attached hydrogens (tertiary/aromatic N) is 4. The van der Waals surface area contributed by atoms with Crippen LogP contribution in [0.5, 0.6) is 11.5 Å². The van der Waals surface area contributed by atoms with Crippen LogP contribution in [-0.4, -0.2) is 45.4 Å². The lowest BCUT2D eigenvalue weighted by atomic mass is 9.83. The quantitative estimate of drug-likeness (QED) is 0.251. The number of aryl methyl sites for hydroxylation is 1. The molecule has 0 saturated heterocycles. The van der Waals surface area contributed by atoms with Crippen molar-refractivity contribution in [2.75, 3.05) is 6.61 Å². The average Bonchev–Trinajstić information content (AvgIpc) is 3.46. The largest absolute Gasteiger partial charge is 0.457 e. The van der Waals surface area contributed by atoms with E-state index in [0.717, 1.165) is 72.8 Å². The lowest BCUT2D eigenvalue weighted by Gasteiger charge is -2.42. The normalized spacial score (nSPS) is 18.5. The third kappa shape index (κ3) is 7.23. The molecule has 2 heterocycles. The van der Waals surface area contributed by atoms with Gasteiger partial charge in [0.1, 0.15) is 30.2 Å². The summed E-state index contributed by atoms with van der Waals surface area (Å²) in [5.74, 6) is 3.63. The van der Waals surface area contributed by atoms with Crippen molar-refractivity contribution in [3.05, 3.63) is 71.9 Å². The van der Waals surface area contributed by atoms with Crippen LogP contribution in [0, 0.1) is 12.8 Å². The van der Waals surface area contributed by atoms with Gasteiger partial charge >= 0.3 is 6.09 Å². The highest BCUT2D eigenvalue weighted by Gasteiger charge is 2.35. The van der Waals surface area contributed by atoms with Crippen LogP contribution in [0.15, 0.2) is 64.2 Å². The minimum absolute atomic E-state index is 0.0577. The summed E-state index contributed by atoms with van der Waals surface area (Å²) in [5.41, 5.74) is 2.87. The Balaban J connectivity index is 1.20. The molecule has 2 aromatic carbocycles. The zero-order valence-electron chi connectivity index (χ0n) is 25.5. The first kappa shape index (κ1) is 29.3. The van der Waals surface area contributed by atoms with Crippen molar-refractivity contribution in [3.63, 3.8) is 0 Å². The van der Waals surface area contributed by atoms with Crippen molar-refractivity contribution < 1.29 is 18.7 Å². The van der Waals surface area contributed by atoms with E-state index in [-0.39, 0.29) is 18.2 Å². The van der Waals surface area contributed by atoms with Crippen LogP contribution in [0.2, 0.25) is 0 Å². The van der Waals surface area contributed by atoms with Gasteiger partial charge in [-0.15, -0.1) is 0 Å². The van der Waals surface area contributed by atoms with Crippen molar-refractivity contribution in [2.24, 2.45) is 10.9 Å². The van der Waals surface area contributed by atoms with Gasteiger partial charge in [0.25, 0.3) is 0 Å². The molecule has 43 heavy (non-hydrogen) atoms. The number of rotatable bonds is 9. The summed E-state index contributed by atoms with van der Waals surface area (Å²) in [7, 11) is 0. The number of benzene rings is 2. The molecule has 8 heteroatoms. The summed E-state index contributed by atoms with van der Waals surface area (Å²) in [5, 5.41) is 0. The zero-order chi connectivity index (χ0) is 29.6. The number of carbonyl (C=O) groups excluding carboxylic acids is 1. The van der Waals surface area contributed by atoms with Crippen LogP contribution in [0.4, 0.5) is 10.5 Å². The van der Waals surface area contributed by atoms with Gasteiger partial charge in [0.05, 0.1) is 24.0 Å². The van der Waals surface area contributed by atoms with Crippen LogP contribution in [0.1, 0.15) is 88.3 Å². The van der Waals surface area contributed by atoms with E-state index in [0.29, 0.717) is 31.5 Å². The molecule has 0 bridgehead atoms. The first-order chi connectivity index (χ1) is 21.0. The van der Waals surface area contributed by atoms with Gasteiger partial charge < -0.3 is 18.8 Å². The van der Waals surface area contributed by atoms with Crippen LogP contribution < -0.4 is 4.74 Å². The molecular weight excluding hydrogens is 540 g/mol. The Labute approximate surface area is 255 Å². The molecule has 3 aromatic rings. The minimum atomic E-state index is -0.251. The fourth-order valence-electron chi connectivity index (χ4n) is 7.01. The fourth-order valence-corrected chi connectivity index (χ4v) is 7.01. The van der Waals surface area contributed by atoms with Gasteiger partial charge in [0.15, 0.2) is 5.89 Å². The molecule has 1 atom stereocenters. The van der Waals surface area contributed by atoms with E-state index >= 15 is 0 Å². The second-order valence-corrected chi connectivity index (χ2v) is 12.3. The Morgan fingerprint density at radius 1 is 0.977 bits per heavy atom. The number of oxazole rings is 1. The van der Waals surface area contributed by atoms with Gasteiger partial charge in [-0.3, -0.25) is 4.90 Å². The number of aromatic nitrogens is 1. The van der Waals surface area contributed by atoms with Crippen LogP contribution in [0.3, 0.4) is 0 Å². The third-order valence-corrected chi connectivity index (χ3v) is 9.29. The molecule has 3 aliphatic rings. The monoisotopic (exact) mass is 584 g/mol. The standard InChI is InChI=1S/C35H44N4O4/c1-25-36-33-19-18-32(43-31-16-10-5-11-17-31)20-28(33)21-38(25)34(27-12-6-3-7-13-27)24-42-35(40)39(30-14-8-4-9-15-30)22-29-23-41-26(2)37-29/h5,10-11,16-20,23,27,30,34H,3-4,6-9,12-15,21-22,24H2,1-2H3. The first-order valence-electron chi connectivity index (χ1n) is 16.1. The molecule has 228 valence electrons. The van der Waals surface area contributed by atoms with Crippen molar-refractivity contribution in [1.82, 2.24) is 14.8 Å². The molecule has 1 aliphatic heterocycles. The summed E-state index contributed by atoms with van der Waals surface area (Å²) in [6.45, 7) is 5.37. The second-order valence-electron chi connectivity index (χ2n) is 12.3. The topological polar surface area (TPSA) is 80.4 Å². The Hall–Kier alpha value is -3.81. The Kier molecular flexibility index (Phi) is 9.30. The van der Waals surface area contributed by atoms with E-state index in [1.807, 2.05) is 54.3 Å². The predicted molar refractivity (Wildman–Crippen MR) is 167 cm³/mol. The van der Waals surface area contributed by atoms with Crippen molar-refractivity contribution in [1.29, 1.82) is 0 Å². The third-order valence-electron chi connectivity index (χ3n) is 9.29. The number of carbonyl (C=O) groups is 1. The van der Waals surface area contributed by atoms with E-state index in [4.69, 9.17) is 18.9 Å². The maximum atomic E-state index is 13.8. The van der Waals surface area contributed by atoms with Crippen LogP contribution >= 0.6 is 0 Å². The molecule has 1 unspecified atom stereocenters. The number of hydrogen-bond acceptors (Lipinski definition) is 7. The SMILES string of the molecule is CC1=Nc2ccc(Oc3ccccc3)cc2CN1C(COC(=O)N(Cc1coc(C)n1)C1CCCCC1)C1CCCCC1. The first-order valence-corrected chi connectivity index (χ1v) is 16.1. The van der Waals surface area contributed by atoms with E-state index in [1.165, 1.54) is 25.7 Å². The predicted octanol–water partition coefficient (Wildman–Crippen LogP) is 8.56. The average molecular weight is 585 g/mol. The van der Waals surface area contributed by atoms with Gasteiger partial charge in [-0.1, -0.05) is 56.7 Å². The van der Waals surface area contributed by atoms with E-state index in [1.54, 1.807) is 6.26 Å². The maximum Gasteiger partial charge on any atom is 0.410 e. The highest BCUT2D eigenvalue weighted by atomic mass is 16.6. The number of ether oxygens (including phenoxy) is 2. The lowest BCUT2D eigenvalue weighted by molar-refractivity contribution is 0.0397. The number of amidine groups is 1. The van der Waals surface area contributed by atoms with Gasteiger partial charge in [0.2, 0.25) is 0 Å². The summed E-state index contributed by atoms with van der Waals surface area (Å²) in [6, 6.07) is 16.2. The second kappa shape index (κ2) is 13.7. The molecule has 1 amide bonds. The number of fused-ring (bicyclic) bond motifs is 1. The number of hydrogen-bond donors (Lipinski definition) is 0. The van der Waals surface area contributed by atoms with Crippen molar-refractivity contribution in [3.8, 4) is 11.5 Å². The Bertz CT molecular complexity index is 1390. The molecule has 0 radical (unpaired) electrons. The van der Waals surface area contributed by atoms with Gasteiger partial charge in [-0.05, 0) is 68.9 Å². The van der Waals surface area contributed by atoms with Gasteiger partial charge in [0, 0.05) is 25.1 Å². The maximum absolute atomic E-state index is 13.8. The summed E-state index contributed by atoms with van der Waals surface area (Å²) in [6.07, 6.45) is 12.9. The van der Waals surface area contributed by atoms with E-state index in [2.05, 4.69) is 22.9 Å². The minimum Gasteiger partial charge on any atom is -0.457 e. The Morgan fingerprint density at radius 2 is 1.72 bits per heavy atom. The summed E-state index contributed by atoms with van der Waals surface area (Å²) >= 11 is 0. The van der Waals surface area contributed by atoms with E-state index < -0.39 is 0 Å². The molecule has 2 fully saturated rings. The zero-order valence-corrected chi connectivity index (χ0v) is 25.5. The molecule has 8 nitrogen and oxygen atoms in total. The highest BCUT2D eigenvalue weighted by molar-refractivity contribution is 5.85. The molecule has 6 rings (SSSR count). The van der Waals surface area contributed by atoms with E-state index in [9.17, 15) is 4.79 Å². The van der Waals surface area contributed by atoms with Gasteiger partial charge in [-0.25, -0.2) is 14.8 Å². The number of aliphatic imine (C=N–C) groups is 1. The van der Waals surface area contributed by atoms with Crippen LogP contribution in [0.25, 0.3) is 0 Å². The molecule has 1 aromatic heterocycles. The molecule has 0 spiro atoms. The highest BCUT2D eigenvalue weighted by Crippen LogP contribution is 2.36. The fraction of sp³-hybridized carbons (Fsp3) is 0.514. The van der Waals surface area contributed by atoms with Gasteiger partial charge in [-0.2, -0.15) is 0 Å². The summed E-state index contributed by atoms with van der Waals surface area (Å²) in [4.78, 5) is 27.6. The smallest absolute Gasteiger partial charge is 0.410 e. The molecule has 2 aliphatic carbocycles. The van der Waals surface area contributed by atoms with Crippen LogP contribution in [-0.2, 0) is 17.8 Å². The van der Waals surface area contributed by atoms with Crippen molar-refractivity contribution >= 4 is 17.6 Å². The number of amides is 1. The number of para-hydroxylation sites is 1. The summed E-state index contributed by atoms with van der Waals surface area (Å²) < 4.78 is 17.8. The molecular formula is C35H44N4O4. The molecule has 2 saturated carbocycles.